The second-order valence-electron chi connectivity index (χ2n) is 6.94. The van der Waals surface area contributed by atoms with Gasteiger partial charge in [-0.05, 0) is 37.6 Å². The first kappa shape index (κ1) is 15.8. The number of likely N-dealkylation sites (tertiary alicyclic amines) is 1. The van der Waals surface area contributed by atoms with Gasteiger partial charge in [-0.1, -0.05) is 6.07 Å². The normalized spacial score (nSPS) is 23.3. The summed E-state index contributed by atoms with van der Waals surface area (Å²) in [5, 5.41) is 0. The zero-order valence-corrected chi connectivity index (χ0v) is 14.1. The average Bonchev–Trinajstić information content (AvgIpc) is 2.98. The molecule has 1 spiro atoms. The highest BCUT2D eigenvalue weighted by molar-refractivity contribution is 5.08. The number of aryl methyl sites for hydroxylation is 1. The number of rotatable bonds is 5. The van der Waals surface area contributed by atoms with E-state index in [9.17, 15) is 0 Å². The quantitative estimate of drug-likeness (QED) is 0.844. The highest BCUT2D eigenvalue weighted by Gasteiger charge is 2.47. The van der Waals surface area contributed by atoms with Crippen LogP contribution in [0.3, 0.4) is 0 Å². The Morgan fingerprint density at radius 1 is 1.29 bits per heavy atom. The summed E-state index contributed by atoms with van der Waals surface area (Å²) in [5.41, 5.74) is 0.954. The van der Waals surface area contributed by atoms with Gasteiger partial charge in [0.2, 0.25) is 0 Å². The van der Waals surface area contributed by atoms with Gasteiger partial charge in [-0.3, -0.25) is 9.88 Å². The number of hydrogen-bond acceptors (Lipinski definition) is 5. The molecule has 2 fully saturated rings. The number of pyridine rings is 1. The molecule has 5 nitrogen and oxygen atoms in total. The van der Waals surface area contributed by atoms with Crippen molar-refractivity contribution in [3.8, 4) is 0 Å². The van der Waals surface area contributed by atoms with E-state index in [0.717, 1.165) is 56.3 Å². The maximum Gasteiger partial charge on any atom is 0.118 e. The second-order valence-corrected chi connectivity index (χ2v) is 6.94. The van der Waals surface area contributed by atoms with E-state index in [1.165, 1.54) is 0 Å². The van der Waals surface area contributed by atoms with Crippen LogP contribution in [0.15, 0.2) is 40.9 Å². The summed E-state index contributed by atoms with van der Waals surface area (Å²) < 4.78 is 17.8. The van der Waals surface area contributed by atoms with Crippen LogP contribution in [0, 0.1) is 6.92 Å². The lowest BCUT2D eigenvalue weighted by Crippen LogP contribution is -2.65. The minimum atomic E-state index is -0.0331. The van der Waals surface area contributed by atoms with E-state index in [0.29, 0.717) is 6.61 Å². The molecule has 2 aliphatic heterocycles. The SMILES string of the molecule is Cc1ccc(CN2CC3(C[C@@H](OCc4ccccn4)CCO3)C2)o1. The molecule has 2 aliphatic rings. The Hall–Kier alpha value is -1.69. The molecule has 1 atom stereocenters. The van der Waals surface area contributed by atoms with Gasteiger partial charge in [-0.15, -0.1) is 0 Å². The van der Waals surface area contributed by atoms with E-state index in [1.807, 2.05) is 37.4 Å². The summed E-state index contributed by atoms with van der Waals surface area (Å²) in [4.78, 5) is 6.69. The molecule has 128 valence electrons. The van der Waals surface area contributed by atoms with Gasteiger partial charge in [-0.25, -0.2) is 0 Å². The lowest BCUT2D eigenvalue weighted by atomic mass is 9.84. The molecule has 2 aromatic rings. The molecule has 24 heavy (non-hydrogen) atoms. The molecule has 0 aliphatic carbocycles. The standard InChI is InChI=1S/C19H24N2O3/c1-15-5-6-18(24-15)11-21-13-19(14-21)10-17(7-9-23-19)22-12-16-4-2-3-8-20-16/h2-6,8,17H,7,9-14H2,1H3/t17-/m0/s1. The summed E-state index contributed by atoms with van der Waals surface area (Å²) in [6.07, 6.45) is 4.00. The Kier molecular flexibility index (Phi) is 4.39. The van der Waals surface area contributed by atoms with E-state index in [4.69, 9.17) is 13.9 Å². The monoisotopic (exact) mass is 328 g/mol. The topological polar surface area (TPSA) is 47.7 Å². The Labute approximate surface area is 142 Å². The lowest BCUT2D eigenvalue weighted by molar-refractivity contribution is -0.201. The average molecular weight is 328 g/mol. The van der Waals surface area contributed by atoms with Gasteiger partial charge in [-0.2, -0.15) is 0 Å². The van der Waals surface area contributed by atoms with Crippen LogP contribution in [0.1, 0.15) is 30.1 Å². The zero-order valence-electron chi connectivity index (χ0n) is 14.1. The first-order chi connectivity index (χ1) is 11.7. The third kappa shape index (κ3) is 3.53. The van der Waals surface area contributed by atoms with E-state index >= 15 is 0 Å². The molecule has 0 radical (unpaired) electrons. The van der Waals surface area contributed by atoms with Gasteiger partial charge in [0, 0.05) is 32.3 Å². The first-order valence-electron chi connectivity index (χ1n) is 8.64. The number of hydrogen-bond donors (Lipinski definition) is 0. The van der Waals surface area contributed by atoms with Crippen molar-refractivity contribution >= 4 is 0 Å². The Balaban J connectivity index is 1.26. The van der Waals surface area contributed by atoms with E-state index in [1.54, 1.807) is 0 Å². The van der Waals surface area contributed by atoms with Crippen molar-refractivity contribution < 1.29 is 13.9 Å². The summed E-state index contributed by atoms with van der Waals surface area (Å²) in [6.45, 7) is 6.11. The summed E-state index contributed by atoms with van der Waals surface area (Å²) in [6, 6.07) is 10.0. The molecular weight excluding hydrogens is 304 g/mol. The second kappa shape index (κ2) is 6.67. The number of ether oxygens (including phenoxy) is 2. The summed E-state index contributed by atoms with van der Waals surface area (Å²) in [7, 11) is 0. The van der Waals surface area contributed by atoms with Gasteiger partial charge in [0.05, 0.1) is 30.6 Å². The van der Waals surface area contributed by atoms with Crippen LogP contribution in [-0.4, -0.2) is 41.3 Å². The van der Waals surface area contributed by atoms with E-state index < -0.39 is 0 Å². The minimum Gasteiger partial charge on any atom is -0.465 e. The third-order valence-corrected chi connectivity index (χ3v) is 4.84. The van der Waals surface area contributed by atoms with Gasteiger partial charge in [0.1, 0.15) is 11.5 Å². The lowest BCUT2D eigenvalue weighted by Gasteiger charge is -2.53. The third-order valence-electron chi connectivity index (χ3n) is 4.84. The Morgan fingerprint density at radius 3 is 2.96 bits per heavy atom. The highest BCUT2D eigenvalue weighted by Crippen LogP contribution is 2.36. The maximum atomic E-state index is 6.09. The zero-order chi connectivity index (χ0) is 16.4. The van der Waals surface area contributed by atoms with Crippen molar-refractivity contribution in [2.24, 2.45) is 0 Å². The molecule has 0 unspecified atom stereocenters. The van der Waals surface area contributed by atoms with Crippen LogP contribution < -0.4 is 0 Å². The smallest absolute Gasteiger partial charge is 0.118 e. The molecule has 0 aromatic carbocycles. The first-order valence-corrected chi connectivity index (χ1v) is 8.64. The van der Waals surface area contributed by atoms with Crippen molar-refractivity contribution in [3.05, 3.63) is 53.7 Å². The fourth-order valence-electron chi connectivity index (χ4n) is 3.70. The van der Waals surface area contributed by atoms with Gasteiger partial charge >= 0.3 is 0 Å². The molecule has 0 saturated carbocycles. The molecule has 4 rings (SSSR count). The molecule has 0 amide bonds. The summed E-state index contributed by atoms with van der Waals surface area (Å²) in [5.74, 6) is 2.00. The molecule has 0 bridgehead atoms. The molecule has 2 aromatic heterocycles. The maximum absolute atomic E-state index is 6.09. The largest absolute Gasteiger partial charge is 0.465 e. The summed E-state index contributed by atoms with van der Waals surface area (Å²) >= 11 is 0. The molecular formula is C19H24N2O3. The molecule has 5 heteroatoms. The van der Waals surface area contributed by atoms with Gasteiger partial charge < -0.3 is 13.9 Å². The predicted molar refractivity (Wildman–Crippen MR) is 89.5 cm³/mol. The molecule has 4 heterocycles. The minimum absolute atomic E-state index is 0.0331. The van der Waals surface area contributed by atoms with Crippen molar-refractivity contribution in [2.75, 3.05) is 19.7 Å². The van der Waals surface area contributed by atoms with Crippen LogP contribution in [0.25, 0.3) is 0 Å². The fraction of sp³-hybridized carbons (Fsp3) is 0.526. The number of furan rings is 1. The number of nitrogens with zero attached hydrogens (tertiary/aromatic N) is 2. The number of aromatic nitrogens is 1. The van der Waals surface area contributed by atoms with E-state index in [-0.39, 0.29) is 11.7 Å². The van der Waals surface area contributed by atoms with Crippen molar-refractivity contribution in [1.82, 2.24) is 9.88 Å². The molecule has 0 N–H and O–H groups in total. The predicted octanol–water partition coefficient (Wildman–Crippen LogP) is 2.93. The highest BCUT2D eigenvalue weighted by atomic mass is 16.5. The van der Waals surface area contributed by atoms with Crippen molar-refractivity contribution in [3.63, 3.8) is 0 Å². The van der Waals surface area contributed by atoms with Gasteiger partial charge in [0.15, 0.2) is 0 Å². The van der Waals surface area contributed by atoms with Crippen LogP contribution in [0.5, 0.6) is 0 Å². The van der Waals surface area contributed by atoms with Crippen LogP contribution in [0.2, 0.25) is 0 Å². The fourth-order valence-corrected chi connectivity index (χ4v) is 3.70. The van der Waals surface area contributed by atoms with Crippen molar-refractivity contribution in [2.45, 2.75) is 44.6 Å². The van der Waals surface area contributed by atoms with E-state index in [2.05, 4.69) is 16.0 Å². The Bertz CT molecular complexity index is 664. The van der Waals surface area contributed by atoms with Crippen LogP contribution in [-0.2, 0) is 22.6 Å². The van der Waals surface area contributed by atoms with Crippen molar-refractivity contribution in [1.29, 1.82) is 0 Å². The molecule has 2 saturated heterocycles. The van der Waals surface area contributed by atoms with Crippen LogP contribution >= 0.6 is 0 Å². The van der Waals surface area contributed by atoms with Crippen LogP contribution in [0.4, 0.5) is 0 Å². The Morgan fingerprint density at radius 2 is 2.21 bits per heavy atom. The van der Waals surface area contributed by atoms with Gasteiger partial charge in [0.25, 0.3) is 0 Å².